The van der Waals surface area contributed by atoms with Crippen LogP contribution < -0.4 is 16.0 Å². The number of hydrogen-bond acceptors (Lipinski definition) is 6. The van der Waals surface area contributed by atoms with Crippen LogP contribution in [0.3, 0.4) is 0 Å². The molecular weight excluding hydrogens is 397 g/mol. The number of anilines is 1. The highest BCUT2D eigenvalue weighted by Crippen LogP contribution is 2.21. The molecule has 3 N–H and O–H groups in total. The quantitative estimate of drug-likeness (QED) is 0.646. The van der Waals surface area contributed by atoms with E-state index in [-0.39, 0.29) is 12.2 Å². The highest BCUT2D eigenvalue weighted by Gasteiger charge is 2.25. The van der Waals surface area contributed by atoms with E-state index in [1.165, 1.54) is 6.07 Å². The number of piperazine rings is 1. The zero-order valence-corrected chi connectivity index (χ0v) is 17.9. The van der Waals surface area contributed by atoms with Gasteiger partial charge in [0.15, 0.2) is 5.82 Å². The van der Waals surface area contributed by atoms with E-state index in [0.29, 0.717) is 42.7 Å². The largest absolute Gasteiger partial charge is 0.368 e. The molecule has 1 amide bonds. The lowest BCUT2D eigenvalue weighted by Crippen LogP contribution is -2.56. The molecule has 2 aromatic heterocycles. The summed E-state index contributed by atoms with van der Waals surface area (Å²) in [6.45, 7) is 7.40. The number of carbonyl (C=O) groups excluding carboxylic acids is 1. The van der Waals surface area contributed by atoms with Crippen molar-refractivity contribution < 1.29 is 9.18 Å². The maximum absolute atomic E-state index is 14.5. The average Bonchev–Trinajstić information content (AvgIpc) is 3.08. The molecule has 0 spiro atoms. The smallest absolute Gasteiger partial charge is 0.236 e. The van der Waals surface area contributed by atoms with Gasteiger partial charge < -0.3 is 16.0 Å². The number of nitrogens with one attached hydrogen (secondary N) is 1. The maximum Gasteiger partial charge on any atom is 0.236 e. The first-order valence-electron chi connectivity index (χ1n) is 10.2. The Balaban J connectivity index is 1.75. The van der Waals surface area contributed by atoms with Gasteiger partial charge in [0.05, 0.1) is 5.69 Å². The van der Waals surface area contributed by atoms with E-state index in [1.807, 2.05) is 43.9 Å². The molecule has 3 aromatic rings. The predicted octanol–water partition coefficient (Wildman–Crippen LogP) is 1.58. The number of amides is 1. The molecule has 1 aliphatic heterocycles. The Morgan fingerprint density at radius 3 is 2.65 bits per heavy atom. The first-order valence-corrected chi connectivity index (χ1v) is 10.2. The Kier molecular flexibility index (Phi) is 5.69. The molecular formula is C22H26FN7O. The summed E-state index contributed by atoms with van der Waals surface area (Å²) in [6, 6.07) is 8.50. The molecule has 1 unspecified atom stereocenters. The van der Waals surface area contributed by atoms with Crippen molar-refractivity contribution in [1.82, 2.24) is 25.1 Å². The molecule has 31 heavy (non-hydrogen) atoms. The monoisotopic (exact) mass is 423 g/mol. The summed E-state index contributed by atoms with van der Waals surface area (Å²) in [5.41, 5.74) is 8.69. The topological polar surface area (TPSA) is 102 Å². The van der Waals surface area contributed by atoms with Gasteiger partial charge in [-0.2, -0.15) is 5.10 Å². The van der Waals surface area contributed by atoms with Gasteiger partial charge in [-0.15, -0.1) is 0 Å². The zero-order chi connectivity index (χ0) is 22.1. The Morgan fingerprint density at radius 1 is 1.19 bits per heavy atom. The Bertz CT molecular complexity index is 1130. The van der Waals surface area contributed by atoms with E-state index in [2.05, 4.69) is 15.4 Å². The Morgan fingerprint density at radius 2 is 1.97 bits per heavy atom. The molecule has 1 aromatic carbocycles. The summed E-state index contributed by atoms with van der Waals surface area (Å²) in [5, 5.41) is 7.65. The number of halogens is 1. The molecule has 3 heterocycles. The standard InChI is InChI=1S/C22H26FN7O/c1-13-4-5-16(17(23)8-13)10-19-26-20(29-7-6-25-18(12-29)22(24)31)11-21(27-19)30-15(3)9-14(2)28-30/h4-5,8-9,11,18,25H,6-7,10,12H2,1-3H3,(H2,24,31). The van der Waals surface area contributed by atoms with Crippen molar-refractivity contribution >= 4 is 11.7 Å². The highest BCUT2D eigenvalue weighted by atomic mass is 19.1. The van der Waals surface area contributed by atoms with Crippen molar-refractivity contribution in [2.24, 2.45) is 5.73 Å². The van der Waals surface area contributed by atoms with Crippen LogP contribution in [0.25, 0.3) is 5.82 Å². The normalized spacial score (nSPS) is 16.5. The van der Waals surface area contributed by atoms with E-state index in [4.69, 9.17) is 10.7 Å². The minimum absolute atomic E-state index is 0.248. The van der Waals surface area contributed by atoms with Crippen molar-refractivity contribution in [2.75, 3.05) is 24.5 Å². The number of nitrogens with zero attached hydrogens (tertiary/aromatic N) is 5. The lowest BCUT2D eigenvalue weighted by atomic mass is 10.1. The van der Waals surface area contributed by atoms with Gasteiger partial charge in [-0.1, -0.05) is 12.1 Å². The van der Waals surface area contributed by atoms with Crippen LogP contribution in [0.1, 0.15) is 28.3 Å². The fraction of sp³-hybridized carbons (Fsp3) is 0.364. The third-order valence-electron chi connectivity index (χ3n) is 5.37. The van der Waals surface area contributed by atoms with Gasteiger partial charge in [-0.25, -0.2) is 19.0 Å². The average molecular weight is 423 g/mol. The molecule has 8 nitrogen and oxygen atoms in total. The summed E-state index contributed by atoms with van der Waals surface area (Å²) in [7, 11) is 0. The molecule has 0 saturated carbocycles. The van der Waals surface area contributed by atoms with Gasteiger partial charge in [0.2, 0.25) is 5.91 Å². The number of aryl methyl sites for hydroxylation is 3. The Hall–Kier alpha value is -3.33. The van der Waals surface area contributed by atoms with E-state index >= 15 is 0 Å². The van der Waals surface area contributed by atoms with Crippen LogP contribution in [0, 0.1) is 26.6 Å². The third-order valence-corrected chi connectivity index (χ3v) is 5.37. The SMILES string of the molecule is Cc1ccc(Cc2nc(N3CCNC(C(N)=O)C3)cc(-n3nc(C)cc3C)n2)c(F)c1. The number of nitrogens with two attached hydrogens (primary N) is 1. The van der Waals surface area contributed by atoms with Crippen molar-refractivity contribution in [3.8, 4) is 5.82 Å². The fourth-order valence-electron chi connectivity index (χ4n) is 3.79. The summed E-state index contributed by atoms with van der Waals surface area (Å²) in [6.07, 6.45) is 0.248. The van der Waals surface area contributed by atoms with Crippen molar-refractivity contribution in [2.45, 2.75) is 33.2 Å². The van der Waals surface area contributed by atoms with Crippen LogP contribution in [-0.2, 0) is 11.2 Å². The summed E-state index contributed by atoms with van der Waals surface area (Å²) in [5.74, 6) is 1.06. The van der Waals surface area contributed by atoms with Crippen molar-refractivity contribution in [3.63, 3.8) is 0 Å². The van der Waals surface area contributed by atoms with E-state index in [1.54, 1.807) is 10.7 Å². The highest BCUT2D eigenvalue weighted by molar-refractivity contribution is 5.81. The number of aromatic nitrogens is 4. The van der Waals surface area contributed by atoms with E-state index < -0.39 is 11.9 Å². The molecule has 0 bridgehead atoms. The minimum Gasteiger partial charge on any atom is -0.368 e. The predicted molar refractivity (Wildman–Crippen MR) is 116 cm³/mol. The van der Waals surface area contributed by atoms with Gasteiger partial charge >= 0.3 is 0 Å². The molecule has 1 aliphatic rings. The van der Waals surface area contributed by atoms with Gasteiger partial charge in [0.25, 0.3) is 0 Å². The number of carbonyl (C=O) groups is 1. The maximum atomic E-state index is 14.5. The molecule has 9 heteroatoms. The first-order chi connectivity index (χ1) is 14.8. The minimum atomic E-state index is -0.459. The molecule has 1 saturated heterocycles. The number of primary amides is 1. The van der Waals surface area contributed by atoms with Gasteiger partial charge in [-0.05, 0) is 44.0 Å². The second-order valence-corrected chi connectivity index (χ2v) is 7.97. The Labute approximate surface area is 180 Å². The van der Waals surface area contributed by atoms with Gasteiger partial charge in [0.1, 0.15) is 23.5 Å². The van der Waals surface area contributed by atoms with Gasteiger partial charge in [0, 0.05) is 37.8 Å². The van der Waals surface area contributed by atoms with Crippen LogP contribution >= 0.6 is 0 Å². The van der Waals surface area contributed by atoms with E-state index in [9.17, 15) is 9.18 Å². The third kappa shape index (κ3) is 4.56. The molecule has 0 aliphatic carbocycles. The van der Waals surface area contributed by atoms with E-state index in [0.717, 1.165) is 17.0 Å². The summed E-state index contributed by atoms with van der Waals surface area (Å²) < 4.78 is 16.2. The second-order valence-electron chi connectivity index (χ2n) is 7.97. The van der Waals surface area contributed by atoms with Crippen LogP contribution in [0.4, 0.5) is 10.2 Å². The zero-order valence-electron chi connectivity index (χ0n) is 17.9. The van der Waals surface area contributed by atoms with Crippen LogP contribution in [0.2, 0.25) is 0 Å². The lowest BCUT2D eigenvalue weighted by molar-refractivity contribution is -0.120. The summed E-state index contributed by atoms with van der Waals surface area (Å²) in [4.78, 5) is 23.1. The lowest BCUT2D eigenvalue weighted by Gasteiger charge is -2.33. The first kappa shape index (κ1) is 20.9. The van der Waals surface area contributed by atoms with Crippen LogP contribution in [0.5, 0.6) is 0 Å². The number of hydrogen-bond donors (Lipinski definition) is 2. The van der Waals surface area contributed by atoms with Gasteiger partial charge in [-0.3, -0.25) is 4.79 Å². The fourth-order valence-corrected chi connectivity index (χ4v) is 3.79. The second kappa shape index (κ2) is 8.43. The summed E-state index contributed by atoms with van der Waals surface area (Å²) >= 11 is 0. The van der Waals surface area contributed by atoms with Crippen molar-refractivity contribution in [3.05, 3.63) is 64.5 Å². The van der Waals surface area contributed by atoms with Crippen LogP contribution in [0.15, 0.2) is 30.3 Å². The number of rotatable bonds is 5. The molecule has 1 fully saturated rings. The number of benzene rings is 1. The molecule has 162 valence electrons. The molecule has 1 atom stereocenters. The van der Waals surface area contributed by atoms with Crippen LogP contribution in [-0.4, -0.2) is 51.3 Å². The molecule has 4 rings (SSSR count). The van der Waals surface area contributed by atoms with Crippen molar-refractivity contribution in [1.29, 1.82) is 0 Å². The molecule has 0 radical (unpaired) electrons.